The molecule has 1 aromatic rings. The number of carboxylic acids is 1. The molecular weight excluding hydrogens is 244 g/mol. The molecule has 102 valence electrons. The van der Waals surface area contributed by atoms with Crippen molar-refractivity contribution in [3.63, 3.8) is 0 Å². The van der Waals surface area contributed by atoms with E-state index < -0.39 is 5.97 Å². The van der Waals surface area contributed by atoms with Crippen LogP contribution in [0.5, 0.6) is 0 Å². The maximum atomic E-state index is 11.9. The normalized spacial score (nSPS) is 9.84. The minimum atomic E-state index is -1.06. The summed E-state index contributed by atoms with van der Waals surface area (Å²) in [6.07, 6.45) is 0. The summed E-state index contributed by atoms with van der Waals surface area (Å²) in [7, 11) is 1.63. The molecule has 0 bridgehead atoms. The third kappa shape index (κ3) is 3.84. The fraction of sp³-hybridized carbons (Fsp3) is 0.286. The first-order chi connectivity index (χ1) is 8.82. The van der Waals surface area contributed by atoms with Crippen molar-refractivity contribution in [1.29, 1.82) is 0 Å². The number of hydrogen-bond acceptors (Lipinski definition) is 2. The number of hydrogen-bond donors (Lipinski definition) is 2. The lowest BCUT2D eigenvalue weighted by atomic mass is 10.1. The van der Waals surface area contributed by atoms with Gasteiger partial charge in [-0.2, -0.15) is 0 Å². The standard InChI is InChI=1S/C14H18N2O3/c1-9(2)8-16(4)14(19)15-11-7-5-6-10(3)12(11)13(17)18/h5-7H,1,8H2,2-4H3,(H,15,19)(H,17,18). The zero-order valence-corrected chi connectivity index (χ0v) is 11.4. The van der Waals surface area contributed by atoms with Crippen molar-refractivity contribution < 1.29 is 14.7 Å². The average molecular weight is 262 g/mol. The van der Waals surface area contributed by atoms with Gasteiger partial charge in [0.1, 0.15) is 0 Å². The highest BCUT2D eigenvalue weighted by Gasteiger charge is 2.16. The van der Waals surface area contributed by atoms with Gasteiger partial charge >= 0.3 is 12.0 Å². The Bertz CT molecular complexity index is 523. The number of amides is 2. The molecule has 1 aromatic carbocycles. The van der Waals surface area contributed by atoms with Crippen LogP contribution in [0.3, 0.4) is 0 Å². The molecule has 0 saturated heterocycles. The molecule has 0 aliphatic heterocycles. The van der Waals surface area contributed by atoms with Crippen molar-refractivity contribution >= 4 is 17.7 Å². The van der Waals surface area contributed by atoms with Crippen LogP contribution in [0.4, 0.5) is 10.5 Å². The Hall–Kier alpha value is -2.30. The highest BCUT2D eigenvalue weighted by Crippen LogP contribution is 2.19. The van der Waals surface area contributed by atoms with Crippen molar-refractivity contribution in [3.05, 3.63) is 41.5 Å². The third-order valence-corrected chi connectivity index (χ3v) is 2.58. The van der Waals surface area contributed by atoms with Crippen molar-refractivity contribution in [3.8, 4) is 0 Å². The fourth-order valence-corrected chi connectivity index (χ4v) is 1.74. The summed E-state index contributed by atoms with van der Waals surface area (Å²) in [5, 5.41) is 11.8. The monoisotopic (exact) mass is 262 g/mol. The van der Waals surface area contributed by atoms with Crippen molar-refractivity contribution in [2.24, 2.45) is 0 Å². The molecule has 5 heteroatoms. The minimum Gasteiger partial charge on any atom is -0.478 e. The minimum absolute atomic E-state index is 0.111. The molecule has 2 amide bonds. The molecule has 0 aromatic heterocycles. The molecule has 0 radical (unpaired) electrons. The molecule has 2 N–H and O–H groups in total. The van der Waals surface area contributed by atoms with Gasteiger partial charge in [-0.05, 0) is 25.5 Å². The van der Waals surface area contributed by atoms with E-state index in [1.54, 1.807) is 32.2 Å². The van der Waals surface area contributed by atoms with Crippen molar-refractivity contribution in [2.75, 3.05) is 18.9 Å². The first kappa shape index (κ1) is 14.8. The molecule has 0 aliphatic rings. The summed E-state index contributed by atoms with van der Waals surface area (Å²) < 4.78 is 0. The van der Waals surface area contributed by atoms with Crippen LogP contribution in [-0.2, 0) is 0 Å². The van der Waals surface area contributed by atoms with Crippen LogP contribution in [-0.4, -0.2) is 35.6 Å². The number of anilines is 1. The van der Waals surface area contributed by atoms with Crippen LogP contribution in [0.25, 0.3) is 0 Å². The number of carboxylic acid groups (broad SMARTS) is 1. The van der Waals surface area contributed by atoms with E-state index in [0.29, 0.717) is 17.8 Å². The van der Waals surface area contributed by atoms with Gasteiger partial charge < -0.3 is 15.3 Å². The lowest BCUT2D eigenvalue weighted by Crippen LogP contribution is -2.33. The number of aryl methyl sites for hydroxylation is 1. The number of urea groups is 1. The number of nitrogens with one attached hydrogen (secondary N) is 1. The molecule has 0 unspecified atom stereocenters. The number of rotatable bonds is 4. The Morgan fingerprint density at radius 1 is 1.42 bits per heavy atom. The van der Waals surface area contributed by atoms with Gasteiger partial charge in [0.25, 0.3) is 0 Å². The van der Waals surface area contributed by atoms with Gasteiger partial charge in [-0.25, -0.2) is 9.59 Å². The zero-order chi connectivity index (χ0) is 14.6. The molecule has 0 saturated carbocycles. The van der Waals surface area contributed by atoms with Crippen LogP contribution in [0, 0.1) is 6.92 Å². The smallest absolute Gasteiger partial charge is 0.338 e. The predicted octanol–water partition coefficient (Wildman–Crippen LogP) is 2.73. The Balaban J connectivity index is 2.94. The second-order valence-corrected chi connectivity index (χ2v) is 4.55. The van der Waals surface area contributed by atoms with Crippen molar-refractivity contribution in [1.82, 2.24) is 4.90 Å². The van der Waals surface area contributed by atoms with Gasteiger partial charge in [0.15, 0.2) is 0 Å². The number of carbonyl (C=O) groups excluding carboxylic acids is 1. The van der Waals surface area contributed by atoms with E-state index in [-0.39, 0.29) is 11.6 Å². The zero-order valence-electron chi connectivity index (χ0n) is 11.4. The Morgan fingerprint density at radius 2 is 2.05 bits per heavy atom. The van der Waals surface area contributed by atoms with Crippen molar-refractivity contribution in [2.45, 2.75) is 13.8 Å². The van der Waals surface area contributed by atoms with Gasteiger partial charge in [-0.1, -0.05) is 24.3 Å². The lowest BCUT2D eigenvalue weighted by Gasteiger charge is -2.19. The average Bonchev–Trinajstić information content (AvgIpc) is 2.27. The van der Waals surface area contributed by atoms with Crippen LogP contribution in [0.2, 0.25) is 0 Å². The van der Waals surface area contributed by atoms with Gasteiger partial charge in [0.05, 0.1) is 11.3 Å². The van der Waals surface area contributed by atoms with Crippen LogP contribution >= 0.6 is 0 Å². The van der Waals surface area contributed by atoms with Gasteiger partial charge in [-0.3, -0.25) is 0 Å². The molecule has 5 nitrogen and oxygen atoms in total. The number of likely N-dealkylation sites (N-methyl/N-ethyl adjacent to an activating group) is 1. The molecule has 1 rings (SSSR count). The fourth-order valence-electron chi connectivity index (χ4n) is 1.74. The molecular formula is C14H18N2O3. The van der Waals surface area contributed by atoms with E-state index in [1.165, 1.54) is 4.90 Å². The summed E-state index contributed by atoms with van der Waals surface area (Å²) in [6.45, 7) is 7.66. The maximum Gasteiger partial charge on any atom is 0.338 e. The number of nitrogens with zero attached hydrogens (tertiary/aromatic N) is 1. The van der Waals surface area contributed by atoms with Crippen LogP contribution < -0.4 is 5.32 Å². The molecule has 0 heterocycles. The lowest BCUT2D eigenvalue weighted by molar-refractivity contribution is 0.0697. The largest absolute Gasteiger partial charge is 0.478 e. The number of benzene rings is 1. The van der Waals surface area contributed by atoms with Gasteiger partial charge in [-0.15, -0.1) is 0 Å². The van der Waals surface area contributed by atoms with Crippen LogP contribution in [0.15, 0.2) is 30.4 Å². The second-order valence-electron chi connectivity index (χ2n) is 4.55. The van der Waals surface area contributed by atoms with E-state index in [2.05, 4.69) is 11.9 Å². The molecule has 19 heavy (non-hydrogen) atoms. The second kappa shape index (κ2) is 6.04. The molecule has 0 fully saturated rings. The van der Waals surface area contributed by atoms with E-state index in [0.717, 1.165) is 5.57 Å². The summed E-state index contributed by atoms with van der Waals surface area (Å²) in [4.78, 5) is 24.5. The van der Waals surface area contributed by atoms with Gasteiger partial charge in [0.2, 0.25) is 0 Å². The maximum absolute atomic E-state index is 11.9. The number of aromatic carboxylic acids is 1. The van der Waals surface area contributed by atoms with E-state index in [1.807, 2.05) is 6.92 Å². The topological polar surface area (TPSA) is 69.6 Å². The van der Waals surface area contributed by atoms with Crippen LogP contribution in [0.1, 0.15) is 22.8 Å². The number of carbonyl (C=O) groups is 2. The Kier molecular flexibility index (Phi) is 4.69. The third-order valence-electron chi connectivity index (χ3n) is 2.58. The van der Waals surface area contributed by atoms with E-state index >= 15 is 0 Å². The predicted molar refractivity (Wildman–Crippen MR) is 74.6 cm³/mol. The highest BCUT2D eigenvalue weighted by atomic mass is 16.4. The Labute approximate surface area is 112 Å². The Morgan fingerprint density at radius 3 is 2.58 bits per heavy atom. The van der Waals surface area contributed by atoms with E-state index in [4.69, 9.17) is 5.11 Å². The first-order valence-corrected chi connectivity index (χ1v) is 5.82. The molecule has 0 aliphatic carbocycles. The molecule has 0 atom stereocenters. The SMILES string of the molecule is C=C(C)CN(C)C(=O)Nc1cccc(C)c1C(=O)O. The first-order valence-electron chi connectivity index (χ1n) is 5.82. The quantitative estimate of drug-likeness (QED) is 0.820. The van der Waals surface area contributed by atoms with Gasteiger partial charge in [0, 0.05) is 13.6 Å². The summed E-state index contributed by atoms with van der Waals surface area (Å²) in [6, 6.07) is 4.60. The summed E-state index contributed by atoms with van der Waals surface area (Å²) in [5.74, 6) is -1.06. The summed E-state index contributed by atoms with van der Waals surface area (Å²) >= 11 is 0. The van der Waals surface area contributed by atoms with E-state index in [9.17, 15) is 9.59 Å². The highest BCUT2D eigenvalue weighted by molar-refractivity contribution is 6.01. The summed E-state index contributed by atoms with van der Waals surface area (Å²) in [5.41, 5.74) is 1.86. The molecule has 0 spiro atoms.